The highest BCUT2D eigenvalue weighted by Gasteiger charge is 2.20. The monoisotopic (exact) mass is 228 g/mol. The fraction of sp³-hybridized carbons (Fsp3) is 0.429. The molecule has 1 aliphatic carbocycles. The molecule has 1 heterocycles. The van der Waals surface area contributed by atoms with Gasteiger partial charge in [0.1, 0.15) is 5.78 Å². The van der Waals surface area contributed by atoms with Crippen LogP contribution in [-0.2, 0) is 4.79 Å². The van der Waals surface area contributed by atoms with E-state index in [4.69, 9.17) is 0 Å². The van der Waals surface area contributed by atoms with Crippen LogP contribution in [0.15, 0.2) is 30.5 Å². The molecule has 1 unspecified atom stereocenters. The van der Waals surface area contributed by atoms with Crippen molar-refractivity contribution in [2.75, 3.05) is 0 Å². The molecule has 88 valence electrons. The molecular weight excluding hydrogens is 212 g/mol. The second-order valence-electron chi connectivity index (χ2n) is 4.79. The summed E-state index contributed by atoms with van der Waals surface area (Å²) in [6.45, 7) is 0. The lowest BCUT2D eigenvalue weighted by atomic mass is 10.1. The van der Waals surface area contributed by atoms with E-state index >= 15 is 0 Å². The third-order valence-electron chi connectivity index (χ3n) is 3.56. The highest BCUT2D eigenvalue weighted by molar-refractivity contribution is 5.81. The zero-order valence-electron chi connectivity index (χ0n) is 9.80. The number of nitrogens with zero attached hydrogens (tertiary/aromatic N) is 2. The SMILES string of the molecule is O=C1CCCCC(n2ncc3ccccc32)C1. The predicted molar refractivity (Wildman–Crippen MR) is 66.9 cm³/mol. The van der Waals surface area contributed by atoms with Crippen molar-refractivity contribution in [1.29, 1.82) is 0 Å². The van der Waals surface area contributed by atoms with E-state index in [1.165, 1.54) is 0 Å². The van der Waals surface area contributed by atoms with Gasteiger partial charge in [0.05, 0.1) is 17.8 Å². The lowest BCUT2D eigenvalue weighted by Crippen LogP contribution is -2.12. The number of para-hydroxylation sites is 1. The van der Waals surface area contributed by atoms with Gasteiger partial charge in [0, 0.05) is 18.2 Å². The van der Waals surface area contributed by atoms with Crippen molar-refractivity contribution in [3.05, 3.63) is 30.5 Å². The Hall–Kier alpha value is -1.64. The Labute approximate surface area is 100 Å². The molecule has 1 aromatic heterocycles. The van der Waals surface area contributed by atoms with Crippen LogP contribution in [0.1, 0.15) is 38.1 Å². The van der Waals surface area contributed by atoms with Crippen molar-refractivity contribution in [3.63, 3.8) is 0 Å². The molecule has 3 nitrogen and oxygen atoms in total. The quantitative estimate of drug-likeness (QED) is 0.703. The highest BCUT2D eigenvalue weighted by Crippen LogP contribution is 2.27. The Kier molecular flexibility index (Phi) is 2.67. The van der Waals surface area contributed by atoms with Crippen LogP contribution in [0.4, 0.5) is 0 Å². The average molecular weight is 228 g/mol. The molecule has 2 aromatic rings. The van der Waals surface area contributed by atoms with Crippen molar-refractivity contribution < 1.29 is 4.79 Å². The van der Waals surface area contributed by atoms with Crippen LogP contribution >= 0.6 is 0 Å². The maximum absolute atomic E-state index is 11.7. The van der Waals surface area contributed by atoms with Crippen molar-refractivity contribution in [1.82, 2.24) is 9.78 Å². The van der Waals surface area contributed by atoms with Crippen LogP contribution < -0.4 is 0 Å². The summed E-state index contributed by atoms with van der Waals surface area (Å²) in [4.78, 5) is 11.7. The molecule has 1 saturated carbocycles. The van der Waals surface area contributed by atoms with Crippen LogP contribution in [0.2, 0.25) is 0 Å². The minimum absolute atomic E-state index is 0.255. The second kappa shape index (κ2) is 4.32. The smallest absolute Gasteiger partial charge is 0.135 e. The maximum Gasteiger partial charge on any atom is 0.135 e. The fourth-order valence-electron chi connectivity index (χ4n) is 2.66. The van der Waals surface area contributed by atoms with Crippen LogP contribution in [-0.4, -0.2) is 15.6 Å². The molecule has 0 bridgehead atoms. The fourth-order valence-corrected chi connectivity index (χ4v) is 2.66. The molecule has 1 atom stereocenters. The number of hydrogen-bond donors (Lipinski definition) is 0. The third-order valence-corrected chi connectivity index (χ3v) is 3.56. The summed E-state index contributed by atoms with van der Waals surface area (Å²) >= 11 is 0. The molecule has 0 spiro atoms. The van der Waals surface area contributed by atoms with Gasteiger partial charge in [-0.15, -0.1) is 0 Å². The van der Waals surface area contributed by atoms with Crippen molar-refractivity contribution in [2.24, 2.45) is 0 Å². The molecular formula is C14H16N2O. The molecule has 0 radical (unpaired) electrons. The number of rotatable bonds is 1. The normalized spacial score (nSPS) is 21.6. The Morgan fingerprint density at radius 3 is 3.06 bits per heavy atom. The highest BCUT2D eigenvalue weighted by atomic mass is 16.1. The van der Waals surface area contributed by atoms with Crippen LogP contribution in [0.5, 0.6) is 0 Å². The van der Waals surface area contributed by atoms with Crippen molar-refractivity contribution in [2.45, 2.75) is 38.1 Å². The number of hydrogen-bond acceptors (Lipinski definition) is 2. The first-order valence-corrected chi connectivity index (χ1v) is 6.28. The van der Waals surface area contributed by atoms with Crippen molar-refractivity contribution in [3.8, 4) is 0 Å². The summed E-state index contributed by atoms with van der Waals surface area (Å²) in [6, 6.07) is 8.45. The van der Waals surface area contributed by atoms with Gasteiger partial charge in [-0.25, -0.2) is 0 Å². The summed E-state index contributed by atoms with van der Waals surface area (Å²) in [5, 5.41) is 5.62. The Morgan fingerprint density at radius 2 is 2.12 bits per heavy atom. The Bertz CT molecular complexity index is 544. The van der Waals surface area contributed by atoms with E-state index in [0.29, 0.717) is 12.2 Å². The first-order chi connectivity index (χ1) is 8.34. The lowest BCUT2D eigenvalue weighted by Gasteiger charge is -2.15. The van der Waals surface area contributed by atoms with E-state index in [0.717, 1.165) is 36.6 Å². The molecule has 0 N–H and O–H groups in total. The standard InChI is InChI=1S/C14H16N2O/c17-13-7-3-2-6-12(9-13)16-14-8-4-1-5-11(14)10-15-16/h1,4-5,8,10,12H,2-3,6-7,9H2. The summed E-state index contributed by atoms with van der Waals surface area (Å²) in [7, 11) is 0. The van der Waals surface area contributed by atoms with E-state index in [9.17, 15) is 4.79 Å². The van der Waals surface area contributed by atoms with Crippen LogP contribution in [0, 0.1) is 0 Å². The molecule has 1 aliphatic rings. The number of fused-ring (bicyclic) bond motifs is 1. The van der Waals surface area contributed by atoms with E-state index < -0.39 is 0 Å². The lowest BCUT2D eigenvalue weighted by molar-refractivity contribution is -0.119. The van der Waals surface area contributed by atoms with E-state index in [1.54, 1.807) is 0 Å². The van der Waals surface area contributed by atoms with Gasteiger partial charge in [-0.05, 0) is 18.9 Å². The molecule has 3 heteroatoms. The van der Waals surface area contributed by atoms with Gasteiger partial charge < -0.3 is 0 Å². The minimum Gasteiger partial charge on any atom is -0.300 e. The number of benzene rings is 1. The van der Waals surface area contributed by atoms with Gasteiger partial charge in [-0.3, -0.25) is 9.48 Å². The predicted octanol–water partition coefficient (Wildman–Crippen LogP) is 3.11. The summed E-state index contributed by atoms with van der Waals surface area (Å²) in [5.41, 5.74) is 1.15. The largest absolute Gasteiger partial charge is 0.300 e. The van der Waals surface area contributed by atoms with Gasteiger partial charge in [0.15, 0.2) is 0 Å². The third kappa shape index (κ3) is 1.97. The van der Waals surface area contributed by atoms with E-state index in [-0.39, 0.29) is 6.04 Å². The zero-order valence-corrected chi connectivity index (χ0v) is 9.80. The molecule has 0 saturated heterocycles. The topological polar surface area (TPSA) is 34.9 Å². The second-order valence-corrected chi connectivity index (χ2v) is 4.79. The Morgan fingerprint density at radius 1 is 1.24 bits per heavy atom. The number of Topliss-reactive ketones (excluding diaryl/α,β-unsaturated/α-hetero) is 1. The van der Waals surface area contributed by atoms with E-state index in [2.05, 4.69) is 17.2 Å². The molecule has 1 fully saturated rings. The molecule has 0 aliphatic heterocycles. The number of ketones is 1. The van der Waals surface area contributed by atoms with Gasteiger partial charge >= 0.3 is 0 Å². The maximum atomic E-state index is 11.7. The average Bonchev–Trinajstić information content (AvgIpc) is 2.66. The molecule has 0 amide bonds. The van der Waals surface area contributed by atoms with Crippen LogP contribution in [0.3, 0.4) is 0 Å². The number of carbonyl (C=O) groups excluding carboxylic acids is 1. The number of carbonyl (C=O) groups is 1. The van der Waals surface area contributed by atoms with Crippen molar-refractivity contribution >= 4 is 16.7 Å². The number of aromatic nitrogens is 2. The molecule has 17 heavy (non-hydrogen) atoms. The van der Waals surface area contributed by atoms with Gasteiger partial charge in [-0.1, -0.05) is 24.6 Å². The van der Waals surface area contributed by atoms with E-state index in [1.807, 2.05) is 23.0 Å². The van der Waals surface area contributed by atoms with Gasteiger partial charge in [-0.2, -0.15) is 5.10 Å². The van der Waals surface area contributed by atoms with Crippen LogP contribution in [0.25, 0.3) is 10.9 Å². The van der Waals surface area contributed by atoms with Gasteiger partial charge in [0.2, 0.25) is 0 Å². The molecule has 1 aromatic carbocycles. The first-order valence-electron chi connectivity index (χ1n) is 6.28. The summed E-state index contributed by atoms with van der Waals surface area (Å²) in [6.07, 6.45) is 6.52. The summed E-state index contributed by atoms with van der Waals surface area (Å²) < 4.78 is 2.04. The first kappa shape index (κ1) is 10.5. The zero-order chi connectivity index (χ0) is 11.7. The molecule has 3 rings (SSSR count). The minimum atomic E-state index is 0.255. The Balaban J connectivity index is 1.99. The summed E-state index contributed by atoms with van der Waals surface area (Å²) in [5.74, 6) is 0.382. The van der Waals surface area contributed by atoms with Gasteiger partial charge in [0.25, 0.3) is 0 Å².